The second kappa shape index (κ2) is 6.87. The summed E-state index contributed by atoms with van der Waals surface area (Å²) in [4.78, 5) is 13.9. The van der Waals surface area contributed by atoms with Crippen LogP contribution in [0.15, 0.2) is 60.8 Å². The number of rotatable bonds is 4. The Hall–Kier alpha value is -3.35. The Morgan fingerprint density at radius 3 is 2.54 bits per heavy atom. The number of aromatic nitrogens is 3. The third-order valence-corrected chi connectivity index (χ3v) is 3.96. The maximum atomic E-state index is 12.4. The van der Waals surface area contributed by atoms with Crippen molar-refractivity contribution in [1.29, 1.82) is 0 Å². The molecule has 0 amide bonds. The average molecular weight is 351 g/mol. The first kappa shape index (κ1) is 16.1. The minimum Gasteiger partial charge on any atom is -0.482 e. The minimum absolute atomic E-state index is 0.0138. The second-order valence-electron chi connectivity index (χ2n) is 5.88. The largest absolute Gasteiger partial charge is 0.482 e. The standard InChI is InChI=1S/C19H17N3O4/c1-13-18(26-17-10-6-5-9-16(17)25-13)19(23)24-12-14-11-20-22(21-14)15-7-3-2-4-8-15/h2-11,13,18H,12H2,1H3. The summed E-state index contributed by atoms with van der Waals surface area (Å²) >= 11 is 0. The van der Waals surface area contributed by atoms with Crippen LogP contribution >= 0.6 is 0 Å². The number of hydrogen-bond acceptors (Lipinski definition) is 6. The van der Waals surface area contributed by atoms with Gasteiger partial charge in [-0.1, -0.05) is 30.3 Å². The van der Waals surface area contributed by atoms with Gasteiger partial charge < -0.3 is 14.2 Å². The molecule has 4 rings (SSSR count). The van der Waals surface area contributed by atoms with E-state index in [2.05, 4.69) is 10.2 Å². The van der Waals surface area contributed by atoms with Crippen LogP contribution in [-0.4, -0.2) is 33.2 Å². The summed E-state index contributed by atoms with van der Waals surface area (Å²) in [5.74, 6) is 0.652. The maximum Gasteiger partial charge on any atom is 0.351 e. The van der Waals surface area contributed by atoms with Crippen molar-refractivity contribution in [3.63, 3.8) is 0 Å². The van der Waals surface area contributed by atoms with E-state index in [-0.39, 0.29) is 6.61 Å². The number of esters is 1. The predicted octanol–water partition coefficient (Wildman–Crippen LogP) is 2.54. The second-order valence-corrected chi connectivity index (χ2v) is 5.88. The SMILES string of the molecule is CC1Oc2ccccc2OC1C(=O)OCc1cnn(-c2ccccc2)n1. The molecule has 1 aliphatic heterocycles. The fourth-order valence-electron chi connectivity index (χ4n) is 2.65. The molecule has 0 radical (unpaired) electrons. The van der Waals surface area contributed by atoms with Gasteiger partial charge in [-0.25, -0.2) is 4.79 Å². The molecule has 2 unspecified atom stereocenters. The summed E-state index contributed by atoms with van der Waals surface area (Å²) in [6, 6.07) is 16.7. The van der Waals surface area contributed by atoms with E-state index in [1.54, 1.807) is 25.3 Å². The first-order valence-corrected chi connectivity index (χ1v) is 8.26. The van der Waals surface area contributed by atoms with Crippen molar-refractivity contribution in [1.82, 2.24) is 15.0 Å². The van der Waals surface area contributed by atoms with Gasteiger partial charge in [0.2, 0.25) is 6.10 Å². The van der Waals surface area contributed by atoms with Gasteiger partial charge in [0.25, 0.3) is 0 Å². The molecule has 0 N–H and O–H groups in total. The highest BCUT2D eigenvalue weighted by Crippen LogP contribution is 2.33. The van der Waals surface area contributed by atoms with Crippen LogP contribution in [0.3, 0.4) is 0 Å². The van der Waals surface area contributed by atoms with E-state index >= 15 is 0 Å². The molecule has 7 nitrogen and oxygen atoms in total. The van der Waals surface area contributed by atoms with Crippen LogP contribution in [0.25, 0.3) is 5.69 Å². The fraction of sp³-hybridized carbons (Fsp3) is 0.211. The van der Waals surface area contributed by atoms with Crippen LogP contribution in [0.1, 0.15) is 12.6 Å². The predicted molar refractivity (Wildman–Crippen MR) is 92.1 cm³/mol. The maximum absolute atomic E-state index is 12.4. The number of para-hydroxylation sites is 3. The number of fused-ring (bicyclic) bond motifs is 1. The molecule has 7 heteroatoms. The van der Waals surface area contributed by atoms with Crippen molar-refractivity contribution in [2.24, 2.45) is 0 Å². The topological polar surface area (TPSA) is 75.5 Å². The molecule has 0 fully saturated rings. The van der Waals surface area contributed by atoms with Crippen molar-refractivity contribution >= 4 is 5.97 Å². The quantitative estimate of drug-likeness (QED) is 0.673. The molecule has 0 bridgehead atoms. The smallest absolute Gasteiger partial charge is 0.351 e. The molecule has 26 heavy (non-hydrogen) atoms. The lowest BCUT2D eigenvalue weighted by Gasteiger charge is -2.30. The van der Waals surface area contributed by atoms with Gasteiger partial charge in [0.05, 0.1) is 11.9 Å². The van der Waals surface area contributed by atoms with Gasteiger partial charge in [0.15, 0.2) is 11.5 Å². The van der Waals surface area contributed by atoms with Crippen molar-refractivity contribution in [2.75, 3.05) is 0 Å². The van der Waals surface area contributed by atoms with Gasteiger partial charge in [-0.3, -0.25) is 0 Å². The molecular weight excluding hydrogens is 334 g/mol. The van der Waals surface area contributed by atoms with Crippen LogP contribution in [0.5, 0.6) is 11.5 Å². The first-order chi connectivity index (χ1) is 12.7. The van der Waals surface area contributed by atoms with Crippen molar-refractivity contribution in [2.45, 2.75) is 25.7 Å². The van der Waals surface area contributed by atoms with E-state index in [4.69, 9.17) is 14.2 Å². The van der Waals surface area contributed by atoms with Crippen LogP contribution in [-0.2, 0) is 16.1 Å². The van der Waals surface area contributed by atoms with Crippen molar-refractivity contribution < 1.29 is 19.0 Å². The molecule has 0 saturated carbocycles. The lowest BCUT2D eigenvalue weighted by molar-refractivity contribution is -0.159. The Kier molecular flexibility index (Phi) is 4.27. The normalized spacial score (nSPS) is 18.3. The summed E-state index contributed by atoms with van der Waals surface area (Å²) in [7, 11) is 0. The van der Waals surface area contributed by atoms with Gasteiger partial charge in [-0.15, -0.1) is 5.10 Å². The summed E-state index contributed by atoms with van der Waals surface area (Å²) in [6.07, 6.45) is 0.295. The van der Waals surface area contributed by atoms with E-state index in [1.807, 2.05) is 42.5 Å². The van der Waals surface area contributed by atoms with Gasteiger partial charge in [0, 0.05) is 0 Å². The van der Waals surface area contributed by atoms with Gasteiger partial charge in [0.1, 0.15) is 18.4 Å². The molecular formula is C19H17N3O4. The Morgan fingerprint density at radius 2 is 1.77 bits per heavy atom. The first-order valence-electron chi connectivity index (χ1n) is 8.26. The average Bonchev–Trinajstić information content (AvgIpc) is 3.15. The zero-order valence-corrected chi connectivity index (χ0v) is 14.1. The molecule has 2 aromatic carbocycles. The van der Waals surface area contributed by atoms with E-state index in [1.165, 1.54) is 4.80 Å². The Morgan fingerprint density at radius 1 is 1.08 bits per heavy atom. The zero-order valence-electron chi connectivity index (χ0n) is 14.1. The van der Waals surface area contributed by atoms with Gasteiger partial charge in [-0.2, -0.15) is 9.90 Å². The number of carbonyl (C=O) groups excluding carboxylic acids is 1. The molecule has 1 aromatic heterocycles. The highest BCUT2D eigenvalue weighted by Gasteiger charge is 2.35. The van der Waals surface area contributed by atoms with E-state index in [0.29, 0.717) is 17.2 Å². The lowest BCUT2D eigenvalue weighted by atomic mass is 10.2. The minimum atomic E-state index is -0.825. The zero-order chi connectivity index (χ0) is 17.9. The van der Waals surface area contributed by atoms with Gasteiger partial charge >= 0.3 is 5.97 Å². The summed E-state index contributed by atoms with van der Waals surface area (Å²) in [5, 5.41) is 8.49. The fourth-order valence-corrected chi connectivity index (χ4v) is 2.65. The number of hydrogen-bond donors (Lipinski definition) is 0. The summed E-state index contributed by atoms with van der Waals surface area (Å²) in [6.45, 7) is 1.79. The monoisotopic (exact) mass is 351 g/mol. The Labute approximate surface area is 150 Å². The molecule has 0 aliphatic carbocycles. The summed E-state index contributed by atoms with van der Waals surface area (Å²) < 4.78 is 16.8. The van der Waals surface area contributed by atoms with Crippen molar-refractivity contribution in [3.8, 4) is 17.2 Å². The molecule has 0 spiro atoms. The van der Waals surface area contributed by atoms with Gasteiger partial charge in [-0.05, 0) is 31.2 Å². The number of carbonyl (C=O) groups is 1. The number of benzene rings is 2. The molecule has 3 aromatic rings. The third-order valence-electron chi connectivity index (χ3n) is 3.96. The Balaban J connectivity index is 1.39. The number of nitrogens with zero attached hydrogens (tertiary/aromatic N) is 3. The van der Waals surface area contributed by atoms with Crippen molar-refractivity contribution in [3.05, 3.63) is 66.5 Å². The van der Waals surface area contributed by atoms with E-state index in [0.717, 1.165) is 5.69 Å². The molecule has 2 atom stereocenters. The van der Waals surface area contributed by atoms with Crippen LogP contribution in [0.4, 0.5) is 0 Å². The molecule has 2 heterocycles. The van der Waals surface area contributed by atoms with E-state index < -0.39 is 18.2 Å². The van der Waals surface area contributed by atoms with Crippen LogP contribution in [0.2, 0.25) is 0 Å². The summed E-state index contributed by atoms with van der Waals surface area (Å²) in [5.41, 5.74) is 1.38. The van der Waals surface area contributed by atoms with Crippen LogP contribution in [0, 0.1) is 0 Å². The Bertz CT molecular complexity index is 910. The third kappa shape index (κ3) is 3.23. The molecule has 1 aliphatic rings. The lowest BCUT2D eigenvalue weighted by Crippen LogP contribution is -2.44. The highest BCUT2D eigenvalue weighted by molar-refractivity contribution is 5.76. The molecule has 0 saturated heterocycles. The number of ether oxygens (including phenoxy) is 3. The highest BCUT2D eigenvalue weighted by atomic mass is 16.6. The van der Waals surface area contributed by atoms with Crippen LogP contribution < -0.4 is 9.47 Å². The van der Waals surface area contributed by atoms with E-state index in [9.17, 15) is 4.79 Å². The molecule has 132 valence electrons.